The standard InChI is InChI=1S/C10H11BrO4/c1-13-7-5-4-6(11)8(9(7)14-2)10(12)15-3/h4-5H,1-3H3. The molecule has 1 aromatic carbocycles. The molecule has 0 bridgehead atoms. The Balaban J connectivity index is 3.38. The highest BCUT2D eigenvalue weighted by Gasteiger charge is 2.20. The van der Waals surface area contributed by atoms with E-state index in [1.807, 2.05) is 0 Å². The molecule has 0 aromatic heterocycles. The second-order valence-corrected chi connectivity index (χ2v) is 3.50. The molecule has 0 unspecified atom stereocenters. The van der Waals surface area contributed by atoms with E-state index in [9.17, 15) is 4.79 Å². The lowest BCUT2D eigenvalue weighted by molar-refractivity contribution is 0.0595. The van der Waals surface area contributed by atoms with Gasteiger partial charge in [-0.1, -0.05) is 0 Å². The highest BCUT2D eigenvalue weighted by molar-refractivity contribution is 9.10. The van der Waals surface area contributed by atoms with E-state index in [-0.39, 0.29) is 0 Å². The van der Waals surface area contributed by atoms with Crippen LogP contribution in [0, 0.1) is 0 Å². The van der Waals surface area contributed by atoms with E-state index >= 15 is 0 Å². The predicted molar refractivity (Wildman–Crippen MR) is 58.6 cm³/mol. The number of hydrogen-bond acceptors (Lipinski definition) is 4. The van der Waals surface area contributed by atoms with Gasteiger partial charge in [-0.25, -0.2) is 4.79 Å². The lowest BCUT2D eigenvalue weighted by Crippen LogP contribution is -2.06. The van der Waals surface area contributed by atoms with Crippen LogP contribution in [0.1, 0.15) is 10.4 Å². The molecule has 0 saturated heterocycles. The SMILES string of the molecule is COC(=O)c1c(Br)ccc(OC)c1OC. The Morgan fingerprint density at radius 1 is 1.20 bits per heavy atom. The number of ether oxygens (including phenoxy) is 3. The summed E-state index contributed by atoms with van der Waals surface area (Å²) in [5.41, 5.74) is 0.319. The molecule has 0 aliphatic carbocycles. The van der Waals surface area contributed by atoms with E-state index in [1.165, 1.54) is 21.3 Å². The van der Waals surface area contributed by atoms with Crippen molar-refractivity contribution in [3.05, 3.63) is 22.2 Å². The van der Waals surface area contributed by atoms with Crippen LogP contribution in [0.15, 0.2) is 16.6 Å². The minimum Gasteiger partial charge on any atom is -0.493 e. The first-order valence-corrected chi connectivity index (χ1v) is 4.93. The predicted octanol–water partition coefficient (Wildman–Crippen LogP) is 2.25. The highest BCUT2D eigenvalue weighted by atomic mass is 79.9. The lowest BCUT2D eigenvalue weighted by atomic mass is 10.2. The van der Waals surface area contributed by atoms with Gasteiger partial charge in [-0.3, -0.25) is 0 Å². The van der Waals surface area contributed by atoms with Crippen molar-refractivity contribution in [3.63, 3.8) is 0 Å². The van der Waals surface area contributed by atoms with Crippen molar-refractivity contribution in [2.75, 3.05) is 21.3 Å². The van der Waals surface area contributed by atoms with Crippen molar-refractivity contribution in [2.45, 2.75) is 0 Å². The van der Waals surface area contributed by atoms with Gasteiger partial charge in [0.15, 0.2) is 11.5 Å². The largest absolute Gasteiger partial charge is 0.493 e. The Morgan fingerprint density at radius 2 is 1.87 bits per heavy atom. The van der Waals surface area contributed by atoms with Crippen LogP contribution in [0.25, 0.3) is 0 Å². The summed E-state index contributed by atoms with van der Waals surface area (Å²) in [4.78, 5) is 11.5. The number of methoxy groups -OCH3 is 3. The number of carbonyl (C=O) groups excluding carboxylic acids is 1. The van der Waals surface area contributed by atoms with E-state index in [1.54, 1.807) is 12.1 Å². The van der Waals surface area contributed by atoms with Gasteiger partial charge in [0, 0.05) is 4.47 Å². The third-order valence-corrected chi connectivity index (χ3v) is 2.55. The molecule has 0 atom stereocenters. The van der Waals surface area contributed by atoms with Crippen LogP contribution in [-0.2, 0) is 4.74 Å². The Hall–Kier alpha value is -1.23. The van der Waals surface area contributed by atoms with E-state index in [0.717, 1.165) is 0 Å². The van der Waals surface area contributed by atoms with Gasteiger partial charge < -0.3 is 14.2 Å². The van der Waals surface area contributed by atoms with Crippen molar-refractivity contribution in [3.8, 4) is 11.5 Å². The number of carbonyl (C=O) groups is 1. The Bertz CT molecular complexity index is 376. The Labute approximate surface area is 96.3 Å². The molecular formula is C10H11BrO4. The third-order valence-electron chi connectivity index (χ3n) is 1.88. The zero-order chi connectivity index (χ0) is 11.4. The molecule has 0 N–H and O–H groups in total. The van der Waals surface area contributed by atoms with Crippen LogP contribution in [0.3, 0.4) is 0 Å². The molecule has 0 fully saturated rings. The second kappa shape index (κ2) is 5.02. The first kappa shape index (κ1) is 11.8. The van der Waals surface area contributed by atoms with Crippen molar-refractivity contribution in [2.24, 2.45) is 0 Å². The van der Waals surface area contributed by atoms with Gasteiger partial charge in [0.05, 0.1) is 21.3 Å². The number of rotatable bonds is 3. The zero-order valence-electron chi connectivity index (χ0n) is 8.67. The summed E-state index contributed by atoms with van der Waals surface area (Å²) in [5, 5.41) is 0. The average molecular weight is 275 g/mol. The molecular weight excluding hydrogens is 264 g/mol. The van der Waals surface area contributed by atoms with Crippen molar-refractivity contribution < 1.29 is 19.0 Å². The van der Waals surface area contributed by atoms with Gasteiger partial charge in [-0.05, 0) is 28.1 Å². The van der Waals surface area contributed by atoms with Gasteiger partial charge in [0.1, 0.15) is 5.56 Å². The normalized spacial score (nSPS) is 9.60. The minimum atomic E-state index is -0.474. The Kier molecular flexibility index (Phi) is 3.96. The molecule has 0 heterocycles. The van der Waals surface area contributed by atoms with Crippen LogP contribution < -0.4 is 9.47 Å². The van der Waals surface area contributed by atoms with Crippen molar-refractivity contribution in [1.82, 2.24) is 0 Å². The Morgan fingerprint density at radius 3 is 2.33 bits per heavy atom. The first-order chi connectivity index (χ1) is 7.15. The zero-order valence-corrected chi connectivity index (χ0v) is 10.3. The van der Waals surface area contributed by atoms with Crippen LogP contribution >= 0.6 is 15.9 Å². The summed E-state index contributed by atoms with van der Waals surface area (Å²) < 4.78 is 15.4. The van der Waals surface area contributed by atoms with Crippen LogP contribution in [0.4, 0.5) is 0 Å². The maximum atomic E-state index is 11.5. The highest BCUT2D eigenvalue weighted by Crippen LogP contribution is 2.36. The van der Waals surface area contributed by atoms with Gasteiger partial charge in [0.2, 0.25) is 0 Å². The minimum absolute atomic E-state index is 0.319. The third kappa shape index (κ3) is 2.23. The molecule has 0 amide bonds. The molecule has 0 spiro atoms. The van der Waals surface area contributed by atoms with E-state index in [4.69, 9.17) is 9.47 Å². The summed E-state index contributed by atoms with van der Waals surface area (Å²) in [6.07, 6.45) is 0. The fourth-order valence-electron chi connectivity index (χ4n) is 1.20. The summed E-state index contributed by atoms with van der Waals surface area (Å²) in [6, 6.07) is 3.41. The molecule has 0 aliphatic rings. The molecule has 82 valence electrons. The van der Waals surface area contributed by atoms with E-state index < -0.39 is 5.97 Å². The number of halogens is 1. The van der Waals surface area contributed by atoms with Gasteiger partial charge in [-0.15, -0.1) is 0 Å². The first-order valence-electron chi connectivity index (χ1n) is 4.14. The van der Waals surface area contributed by atoms with Crippen LogP contribution in [0.2, 0.25) is 0 Å². The van der Waals surface area contributed by atoms with E-state index in [2.05, 4.69) is 20.7 Å². The fourth-order valence-corrected chi connectivity index (χ4v) is 1.67. The number of benzene rings is 1. The lowest BCUT2D eigenvalue weighted by Gasteiger charge is -2.12. The van der Waals surface area contributed by atoms with Gasteiger partial charge in [0.25, 0.3) is 0 Å². The van der Waals surface area contributed by atoms with Crippen LogP contribution in [0.5, 0.6) is 11.5 Å². The summed E-state index contributed by atoms with van der Waals surface area (Å²) in [6.45, 7) is 0. The van der Waals surface area contributed by atoms with Crippen LogP contribution in [-0.4, -0.2) is 27.3 Å². The summed E-state index contributed by atoms with van der Waals surface area (Å²) in [5.74, 6) is 0.373. The second-order valence-electron chi connectivity index (χ2n) is 2.65. The summed E-state index contributed by atoms with van der Waals surface area (Å²) >= 11 is 3.26. The van der Waals surface area contributed by atoms with E-state index in [0.29, 0.717) is 21.5 Å². The monoisotopic (exact) mass is 274 g/mol. The average Bonchev–Trinajstić information content (AvgIpc) is 2.27. The van der Waals surface area contributed by atoms with Crippen molar-refractivity contribution >= 4 is 21.9 Å². The number of hydrogen-bond donors (Lipinski definition) is 0. The number of esters is 1. The molecule has 1 aromatic rings. The maximum absolute atomic E-state index is 11.5. The van der Waals surface area contributed by atoms with Gasteiger partial charge >= 0.3 is 5.97 Å². The van der Waals surface area contributed by atoms with Gasteiger partial charge in [-0.2, -0.15) is 0 Å². The molecule has 15 heavy (non-hydrogen) atoms. The molecule has 4 nitrogen and oxygen atoms in total. The molecule has 1 rings (SSSR count). The molecule has 0 radical (unpaired) electrons. The fraction of sp³-hybridized carbons (Fsp3) is 0.300. The molecule has 0 aliphatic heterocycles. The maximum Gasteiger partial charge on any atom is 0.342 e. The summed E-state index contributed by atoms with van der Waals surface area (Å²) in [7, 11) is 4.29. The topological polar surface area (TPSA) is 44.8 Å². The molecule has 0 saturated carbocycles. The molecule has 5 heteroatoms. The smallest absolute Gasteiger partial charge is 0.342 e. The van der Waals surface area contributed by atoms with Crippen molar-refractivity contribution in [1.29, 1.82) is 0 Å². The quantitative estimate of drug-likeness (QED) is 0.794.